The summed E-state index contributed by atoms with van der Waals surface area (Å²) in [6.07, 6.45) is 16.9. The molecule has 0 spiro atoms. The van der Waals surface area contributed by atoms with E-state index in [1.54, 1.807) is 19.1 Å². The van der Waals surface area contributed by atoms with Crippen LogP contribution in [-0.4, -0.2) is 57.6 Å². The first kappa shape index (κ1) is 35.9. The number of hydrogen-bond acceptors (Lipinski definition) is 8. The minimum absolute atomic E-state index is 0.0160. The first-order valence-corrected chi connectivity index (χ1v) is 17.0. The lowest BCUT2D eigenvalue weighted by atomic mass is 9.47. The molecule has 5 aliphatic rings. The van der Waals surface area contributed by atoms with Crippen LogP contribution in [0.25, 0.3) is 0 Å². The van der Waals surface area contributed by atoms with Crippen molar-refractivity contribution < 1.29 is 38.9 Å². The number of aliphatic hydroxyl groups excluding tert-OH is 2. The zero-order chi connectivity index (χ0) is 34.0. The monoisotopic (exact) mass is 636 g/mol. The fourth-order valence-electron chi connectivity index (χ4n) is 9.54. The minimum Gasteiger partial charge on any atom is -0.451 e. The zero-order valence-electron chi connectivity index (χ0n) is 28.3. The first-order valence-electron chi connectivity index (χ1n) is 17.0. The van der Waals surface area contributed by atoms with Gasteiger partial charge < -0.3 is 19.7 Å². The number of fused-ring (bicyclic) bond motifs is 5. The molecule has 5 aliphatic carbocycles. The van der Waals surface area contributed by atoms with E-state index < -0.39 is 29.5 Å². The van der Waals surface area contributed by atoms with Crippen LogP contribution >= 0.6 is 0 Å². The lowest BCUT2D eigenvalue weighted by Gasteiger charge is -2.58. The normalized spacial score (nSPS) is 40.2. The summed E-state index contributed by atoms with van der Waals surface area (Å²) in [5.74, 6) is -0.740. The molecule has 3 fully saturated rings. The zero-order valence-corrected chi connectivity index (χ0v) is 28.3. The largest absolute Gasteiger partial charge is 0.451 e. The van der Waals surface area contributed by atoms with Crippen LogP contribution in [0.2, 0.25) is 0 Å². The predicted octanol–water partition coefficient (Wildman–Crippen LogP) is 5.60. The highest BCUT2D eigenvalue weighted by Crippen LogP contribution is 2.67. The predicted molar refractivity (Wildman–Crippen MR) is 174 cm³/mol. The number of carbonyl (C=O) groups is 5. The van der Waals surface area contributed by atoms with Gasteiger partial charge in [0.15, 0.2) is 23.0 Å². The molecule has 0 aromatic heterocycles. The summed E-state index contributed by atoms with van der Waals surface area (Å²) in [5, 5.41) is 18.9. The molecule has 2 N–H and O–H groups in total. The van der Waals surface area contributed by atoms with E-state index in [1.165, 1.54) is 18.1 Å². The second-order valence-corrected chi connectivity index (χ2v) is 14.6. The second kappa shape index (κ2) is 14.0. The van der Waals surface area contributed by atoms with Gasteiger partial charge in [-0.2, -0.15) is 0 Å². The van der Waals surface area contributed by atoms with Gasteiger partial charge in [0.25, 0.3) is 0 Å². The summed E-state index contributed by atoms with van der Waals surface area (Å²) < 4.78 is 5.82. The molecule has 0 amide bonds. The molecule has 0 aromatic rings. The van der Waals surface area contributed by atoms with Gasteiger partial charge in [-0.1, -0.05) is 63.1 Å². The minimum atomic E-state index is -1.43. The standard InChI is InChI=1S/C24H32O4.C14H20O4/c1-14-12-18-19(22(4)9-6-17(27)13-21(14)22)7-10-23(5)20(18)8-11-24(23,15(2)25)28-16(3)26;1-2-3-4-5-6-7-10-8-12(16)14(18)13(17)11(10)9-15/h12-13,18-20H,6-11H2,1-5H3;4-7,9-12,14,16,18H,2-3,8H2,1H3. The van der Waals surface area contributed by atoms with Crippen molar-refractivity contribution in [2.24, 2.45) is 40.4 Å². The highest BCUT2D eigenvalue weighted by Gasteiger charge is 2.67. The molecule has 3 saturated carbocycles. The van der Waals surface area contributed by atoms with Crippen LogP contribution in [-0.2, 0) is 28.7 Å². The molecule has 10 atom stereocenters. The van der Waals surface area contributed by atoms with Gasteiger partial charge in [0.2, 0.25) is 0 Å². The van der Waals surface area contributed by atoms with Crippen molar-refractivity contribution in [2.45, 2.75) is 117 Å². The molecule has 252 valence electrons. The number of unbranched alkanes of at least 4 members (excludes halogenated alkanes) is 1. The van der Waals surface area contributed by atoms with Gasteiger partial charge >= 0.3 is 5.97 Å². The summed E-state index contributed by atoms with van der Waals surface area (Å²) in [5.41, 5.74) is 1.15. The molecular formula is C38H52O8. The van der Waals surface area contributed by atoms with E-state index in [2.05, 4.69) is 33.8 Å². The molecule has 10 unspecified atom stereocenters. The Bertz CT molecular complexity index is 1350. The number of esters is 1. The summed E-state index contributed by atoms with van der Waals surface area (Å²) in [6.45, 7) is 11.7. The Morgan fingerprint density at radius 1 is 1.04 bits per heavy atom. The summed E-state index contributed by atoms with van der Waals surface area (Å²) >= 11 is 0. The van der Waals surface area contributed by atoms with Crippen molar-refractivity contribution >= 4 is 29.6 Å². The van der Waals surface area contributed by atoms with E-state index in [0.717, 1.165) is 38.5 Å². The lowest BCUT2D eigenvalue weighted by molar-refractivity contribution is -0.185. The van der Waals surface area contributed by atoms with E-state index in [0.29, 0.717) is 36.9 Å². The van der Waals surface area contributed by atoms with Gasteiger partial charge in [0.1, 0.15) is 12.4 Å². The molecule has 0 bridgehead atoms. The number of ketones is 3. The van der Waals surface area contributed by atoms with Gasteiger partial charge in [0, 0.05) is 18.8 Å². The summed E-state index contributed by atoms with van der Waals surface area (Å²) in [7, 11) is 0. The van der Waals surface area contributed by atoms with Crippen molar-refractivity contribution in [1.29, 1.82) is 0 Å². The molecule has 0 saturated heterocycles. The maximum atomic E-state index is 12.8. The van der Waals surface area contributed by atoms with Gasteiger partial charge in [-0.3, -0.25) is 19.2 Å². The van der Waals surface area contributed by atoms with Gasteiger partial charge in [-0.25, -0.2) is 0 Å². The van der Waals surface area contributed by atoms with Crippen LogP contribution in [0, 0.1) is 40.4 Å². The average molecular weight is 637 g/mol. The van der Waals surface area contributed by atoms with Crippen LogP contribution in [0.4, 0.5) is 0 Å². The van der Waals surface area contributed by atoms with E-state index in [4.69, 9.17) is 4.74 Å². The average Bonchev–Trinajstić information content (AvgIpc) is 3.30. The molecule has 5 rings (SSSR count). The lowest BCUT2D eigenvalue weighted by Crippen LogP contribution is -2.58. The van der Waals surface area contributed by atoms with Crippen molar-refractivity contribution in [2.75, 3.05) is 0 Å². The fourth-order valence-corrected chi connectivity index (χ4v) is 9.54. The molecule has 0 aromatic carbocycles. The fraction of sp³-hybridized carbons (Fsp3) is 0.658. The molecule has 0 radical (unpaired) electrons. The van der Waals surface area contributed by atoms with Gasteiger partial charge in [0.05, 0.1) is 12.0 Å². The topological polar surface area (TPSA) is 135 Å². The maximum absolute atomic E-state index is 12.8. The van der Waals surface area contributed by atoms with Crippen LogP contribution in [0.3, 0.4) is 0 Å². The van der Waals surface area contributed by atoms with E-state index in [1.807, 2.05) is 18.2 Å². The number of rotatable bonds is 7. The summed E-state index contributed by atoms with van der Waals surface area (Å²) in [4.78, 5) is 59.3. The Morgan fingerprint density at radius 3 is 2.37 bits per heavy atom. The van der Waals surface area contributed by atoms with E-state index in [-0.39, 0.29) is 40.7 Å². The highest BCUT2D eigenvalue weighted by atomic mass is 16.6. The third kappa shape index (κ3) is 6.32. The SMILES string of the molecule is CC(=O)OC1(C(C)=O)CCC2C3C=C(C)C4=CC(=O)CCC4(C)C3CCC21C.CCCC=CC=CC1CC(O)C(O)C(=O)C1C=O. The molecular weight excluding hydrogens is 584 g/mol. The van der Waals surface area contributed by atoms with Gasteiger partial charge in [-0.15, -0.1) is 0 Å². The van der Waals surface area contributed by atoms with Crippen molar-refractivity contribution in [1.82, 2.24) is 0 Å². The van der Waals surface area contributed by atoms with Crippen LogP contribution < -0.4 is 0 Å². The molecule has 0 heterocycles. The third-order valence-electron chi connectivity index (χ3n) is 12.0. The molecule has 0 aliphatic heterocycles. The number of aldehydes is 1. The smallest absolute Gasteiger partial charge is 0.303 e. The summed E-state index contributed by atoms with van der Waals surface area (Å²) in [6, 6.07) is 0. The van der Waals surface area contributed by atoms with E-state index in [9.17, 15) is 34.2 Å². The Balaban J connectivity index is 0.000000232. The number of aliphatic hydroxyl groups is 2. The molecule has 46 heavy (non-hydrogen) atoms. The van der Waals surface area contributed by atoms with Crippen LogP contribution in [0.5, 0.6) is 0 Å². The van der Waals surface area contributed by atoms with Gasteiger partial charge in [-0.05, 0) is 99.5 Å². The van der Waals surface area contributed by atoms with Crippen LogP contribution in [0.1, 0.15) is 99.3 Å². The Labute approximate surface area is 273 Å². The Kier molecular flexibility index (Phi) is 10.9. The third-order valence-corrected chi connectivity index (χ3v) is 12.0. The molecule has 8 nitrogen and oxygen atoms in total. The highest BCUT2D eigenvalue weighted by molar-refractivity contribution is 5.97. The first-order chi connectivity index (χ1) is 21.7. The Morgan fingerprint density at radius 2 is 1.74 bits per heavy atom. The number of hydrogen-bond donors (Lipinski definition) is 2. The van der Waals surface area contributed by atoms with Crippen molar-refractivity contribution in [3.63, 3.8) is 0 Å². The molecule has 8 heteroatoms. The van der Waals surface area contributed by atoms with Crippen LogP contribution in [0.15, 0.2) is 47.6 Å². The second-order valence-electron chi connectivity index (χ2n) is 14.6. The van der Waals surface area contributed by atoms with E-state index >= 15 is 0 Å². The number of carbonyl (C=O) groups excluding carboxylic acids is 5. The van der Waals surface area contributed by atoms with Crippen molar-refractivity contribution in [3.8, 4) is 0 Å². The number of ether oxygens (including phenoxy) is 1. The van der Waals surface area contributed by atoms with Crippen molar-refractivity contribution in [3.05, 3.63) is 47.6 Å². The number of Topliss-reactive ketones (excluding diaryl/α,β-unsaturated/α-hetero) is 2. The number of allylic oxidation sites excluding steroid dienone is 8. The Hall–Kier alpha value is -2.97. The maximum Gasteiger partial charge on any atom is 0.303 e. The quantitative estimate of drug-likeness (QED) is 0.160.